The number of rotatable bonds is 2. The van der Waals surface area contributed by atoms with Crippen LogP contribution in [0.25, 0.3) is 0 Å². The van der Waals surface area contributed by atoms with Gasteiger partial charge in [-0.05, 0) is 43.6 Å². The van der Waals surface area contributed by atoms with Crippen molar-refractivity contribution in [3.8, 4) is 0 Å². The SMILES string of the molecule is Nc1ccc(CN2CCCC2)c(N)c1. The minimum absolute atomic E-state index is 0.743. The standard InChI is InChI=1S/C11H17N3/c12-10-4-3-9(11(13)7-10)8-14-5-1-2-6-14/h3-4,7H,1-2,5-6,8,12-13H2. The number of nitrogens with two attached hydrogens (primary N) is 2. The summed E-state index contributed by atoms with van der Waals surface area (Å²) in [6.45, 7) is 3.36. The molecule has 76 valence electrons. The van der Waals surface area contributed by atoms with Crippen LogP contribution in [0.4, 0.5) is 11.4 Å². The molecule has 0 unspecified atom stereocenters. The molecule has 0 radical (unpaired) electrons. The molecule has 14 heavy (non-hydrogen) atoms. The van der Waals surface area contributed by atoms with Crippen LogP contribution in [0.5, 0.6) is 0 Å². The largest absolute Gasteiger partial charge is 0.399 e. The highest BCUT2D eigenvalue weighted by Gasteiger charge is 2.12. The van der Waals surface area contributed by atoms with Crippen molar-refractivity contribution in [2.75, 3.05) is 24.6 Å². The van der Waals surface area contributed by atoms with Crippen molar-refractivity contribution in [1.29, 1.82) is 0 Å². The lowest BCUT2D eigenvalue weighted by molar-refractivity contribution is 0.332. The predicted octanol–water partition coefficient (Wildman–Crippen LogP) is 1.45. The fourth-order valence-corrected chi connectivity index (χ4v) is 1.94. The maximum Gasteiger partial charge on any atom is 0.0380 e. The number of hydrogen-bond acceptors (Lipinski definition) is 3. The lowest BCUT2D eigenvalue weighted by Gasteiger charge is -2.16. The highest BCUT2D eigenvalue weighted by Crippen LogP contribution is 2.19. The number of nitrogens with zero attached hydrogens (tertiary/aromatic N) is 1. The minimum Gasteiger partial charge on any atom is -0.399 e. The van der Waals surface area contributed by atoms with Crippen molar-refractivity contribution in [2.45, 2.75) is 19.4 Å². The van der Waals surface area contributed by atoms with Crippen molar-refractivity contribution in [2.24, 2.45) is 0 Å². The van der Waals surface area contributed by atoms with Gasteiger partial charge in [0.15, 0.2) is 0 Å². The number of anilines is 2. The molecule has 0 saturated carbocycles. The summed E-state index contributed by atoms with van der Waals surface area (Å²) in [6, 6.07) is 5.79. The number of likely N-dealkylation sites (tertiary alicyclic amines) is 1. The van der Waals surface area contributed by atoms with Gasteiger partial charge >= 0.3 is 0 Å². The van der Waals surface area contributed by atoms with Crippen LogP contribution >= 0.6 is 0 Å². The van der Waals surface area contributed by atoms with Crippen LogP contribution in [0.3, 0.4) is 0 Å². The Kier molecular flexibility index (Phi) is 2.59. The molecule has 0 aliphatic carbocycles. The summed E-state index contributed by atoms with van der Waals surface area (Å²) >= 11 is 0. The monoisotopic (exact) mass is 191 g/mol. The average Bonchev–Trinajstić information content (AvgIpc) is 2.62. The van der Waals surface area contributed by atoms with Crippen LogP contribution in [-0.4, -0.2) is 18.0 Å². The van der Waals surface area contributed by atoms with Crippen molar-refractivity contribution >= 4 is 11.4 Å². The number of nitrogen functional groups attached to an aromatic ring is 2. The Bertz CT molecular complexity index is 316. The van der Waals surface area contributed by atoms with E-state index in [0.717, 1.165) is 17.9 Å². The Balaban J connectivity index is 2.08. The molecule has 3 heteroatoms. The highest BCUT2D eigenvalue weighted by atomic mass is 15.1. The lowest BCUT2D eigenvalue weighted by atomic mass is 10.1. The van der Waals surface area contributed by atoms with E-state index >= 15 is 0 Å². The van der Waals surface area contributed by atoms with Crippen molar-refractivity contribution < 1.29 is 0 Å². The second-order valence-electron chi connectivity index (χ2n) is 3.94. The first kappa shape index (κ1) is 9.34. The van der Waals surface area contributed by atoms with Crippen LogP contribution in [-0.2, 0) is 6.54 Å². The van der Waals surface area contributed by atoms with Gasteiger partial charge in [-0.15, -0.1) is 0 Å². The first-order chi connectivity index (χ1) is 6.75. The van der Waals surface area contributed by atoms with E-state index in [9.17, 15) is 0 Å². The smallest absolute Gasteiger partial charge is 0.0380 e. The van der Waals surface area contributed by atoms with Gasteiger partial charge in [-0.2, -0.15) is 0 Å². The first-order valence-corrected chi connectivity index (χ1v) is 5.12. The van der Waals surface area contributed by atoms with E-state index in [1.165, 1.54) is 31.5 Å². The van der Waals surface area contributed by atoms with Gasteiger partial charge in [0.25, 0.3) is 0 Å². The average molecular weight is 191 g/mol. The van der Waals surface area contributed by atoms with Crippen LogP contribution < -0.4 is 11.5 Å². The maximum absolute atomic E-state index is 5.89. The summed E-state index contributed by atoms with van der Waals surface area (Å²) in [6.07, 6.45) is 2.63. The molecule has 1 aromatic carbocycles. The minimum atomic E-state index is 0.743. The van der Waals surface area contributed by atoms with Crippen molar-refractivity contribution in [3.63, 3.8) is 0 Å². The molecule has 1 aromatic rings. The summed E-state index contributed by atoms with van der Waals surface area (Å²) in [4.78, 5) is 2.43. The van der Waals surface area contributed by atoms with Gasteiger partial charge in [0.2, 0.25) is 0 Å². The van der Waals surface area contributed by atoms with Gasteiger partial charge in [-0.25, -0.2) is 0 Å². The molecule has 1 aliphatic rings. The third-order valence-electron chi connectivity index (χ3n) is 2.76. The fourth-order valence-electron chi connectivity index (χ4n) is 1.94. The molecular formula is C11H17N3. The summed E-state index contributed by atoms with van der Waals surface area (Å²) in [7, 11) is 0. The molecule has 1 heterocycles. The van der Waals surface area contributed by atoms with Crippen LogP contribution in [0, 0.1) is 0 Å². The molecule has 0 spiro atoms. The van der Waals surface area contributed by atoms with Gasteiger partial charge in [-0.1, -0.05) is 6.07 Å². The molecule has 2 rings (SSSR count). The van der Waals surface area contributed by atoms with Gasteiger partial charge in [0.05, 0.1) is 0 Å². The van der Waals surface area contributed by atoms with Crippen molar-refractivity contribution in [1.82, 2.24) is 4.90 Å². The van der Waals surface area contributed by atoms with Crippen LogP contribution in [0.2, 0.25) is 0 Å². The topological polar surface area (TPSA) is 55.3 Å². The number of benzene rings is 1. The molecule has 1 aliphatic heterocycles. The zero-order valence-corrected chi connectivity index (χ0v) is 8.37. The molecule has 3 nitrogen and oxygen atoms in total. The van der Waals surface area contributed by atoms with E-state index < -0.39 is 0 Å². The summed E-state index contributed by atoms with van der Waals surface area (Å²) in [5, 5.41) is 0. The Hall–Kier alpha value is -1.22. The zero-order chi connectivity index (χ0) is 9.97. The van der Waals surface area contributed by atoms with Crippen LogP contribution in [0.15, 0.2) is 18.2 Å². The number of hydrogen-bond donors (Lipinski definition) is 2. The van der Waals surface area contributed by atoms with E-state index in [-0.39, 0.29) is 0 Å². The van der Waals surface area contributed by atoms with Gasteiger partial charge < -0.3 is 11.5 Å². The Morgan fingerprint density at radius 2 is 1.86 bits per heavy atom. The molecule has 0 atom stereocenters. The van der Waals surface area contributed by atoms with E-state index in [1.54, 1.807) is 0 Å². The van der Waals surface area contributed by atoms with Gasteiger partial charge in [-0.3, -0.25) is 4.90 Å². The van der Waals surface area contributed by atoms with E-state index in [1.807, 2.05) is 18.2 Å². The molecule has 4 N–H and O–H groups in total. The maximum atomic E-state index is 5.89. The van der Waals surface area contributed by atoms with E-state index in [4.69, 9.17) is 11.5 Å². The van der Waals surface area contributed by atoms with E-state index in [2.05, 4.69) is 4.90 Å². The first-order valence-electron chi connectivity index (χ1n) is 5.12. The summed E-state index contributed by atoms with van der Waals surface area (Å²) < 4.78 is 0. The van der Waals surface area contributed by atoms with Gasteiger partial charge in [0, 0.05) is 17.9 Å². The molecule has 0 aromatic heterocycles. The second kappa shape index (κ2) is 3.88. The molecule has 0 bridgehead atoms. The summed E-state index contributed by atoms with van der Waals surface area (Å²) in [5.74, 6) is 0. The van der Waals surface area contributed by atoms with Crippen LogP contribution in [0.1, 0.15) is 18.4 Å². The zero-order valence-electron chi connectivity index (χ0n) is 8.37. The van der Waals surface area contributed by atoms with Gasteiger partial charge in [0.1, 0.15) is 0 Å². The molecular weight excluding hydrogens is 174 g/mol. The predicted molar refractivity (Wildman–Crippen MR) is 59.8 cm³/mol. The molecule has 1 saturated heterocycles. The quantitative estimate of drug-likeness (QED) is 0.696. The Labute approximate surface area is 84.7 Å². The van der Waals surface area contributed by atoms with Crippen molar-refractivity contribution in [3.05, 3.63) is 23.8 Å². The second-order valence-corrected chi connectivity index (χ2v) is 3.94. The fraction of sp³-hybridized carbons (Fsp3) is 0.455. The highest BCUT2D eigenvalue weighted by molar-refractivity contribution is 5.56. The normalized spacial score (nSPS) is 17.4. The Morgan fingerprint density at radius 3 is 2.50 bits per heavy atom. The third kappa shape index (κ3) is 1.99. The molecule has 0 amide bonds. The lowest BCUT2D eigenvalue weighted by Crippen LogP contribution is -2.19. The third-order valence-corrected chi connectivity index (χ3v) is 2.76. The summed E-state index contributed by atoms with van der Waals surface area (Å²) in [5.41, 5.74) is 14.3. The van der Waals surface area contributed by atoms with E-state index in [0.29, 0.717) is 0 Å². The molecule has 1 fully saturated rings. The Morgan fingerprint density at radius 1 is 1.14 bits per heavy atom.